The summed E-state index contributed by atoms with van der Waals surface area (Å²) in [7, 11) is 0. The summed E-state index contributed by atoms with van der Waals surface area (Å²) in [6.45, 7) is 4.58. The molecule has 2 fully saturated rings. The average molecular weight is 448 g/mol. The Morgan fingerprint density at radius 3 is 2.76 bits per heavy atom. The van der Waals surface area contributed by atoms with Crippen molar-refractivity contribution in [2.45, 2.75) is 39.5 Å². The molecule has 33 heavy (non-hydrogen) atoms. The molecular weight excluding hydrogens is 421 g/mol. The van der Waals surface area contributed by atoms with E-state index in [-0.39, 0.29) is 23.7 Å². The topological polar surface area (TPSA) is 80.1 Å². The fraction of sp³-hybridized carbons (Fsp3) is 0.360. The van der Waals surface area contributed by atoms with Gasteiger partial charge in [0, 0.05) is 42.1 Å². The quantitative estimate of drug-likeness (QED) is 0.618. The molecule has 2 amide bonds. The smallest absolute Gasteiger partial charge is 0.233 e. The van der Waals surface area contributed by atoms with Gasteiger partial charge in [-0.05, 0) is 61.9 Å². The molecule has 7 nitrogen and oxygen atoms in total. The van der Waals surface area contributed by atoms with Gasteiger partial charge < -0.3 is 14.8 Å². The van der Waals surface area contributed by atoms with Crippen LogP contribution in [0.3, 0.4) is 0 Å². The maximum Gasteiger partial charge on any atom is 0.233 e. The van der Waals surface area contributed by atoms with Crippen LogP contribution in [0.5, 0.6) is 0 Å². The first-order chi connectivity index (χ1) is 15.8. The minimum absolute atomic E-state index is 0.00713. The third-order valence-corrected chi connectivity index (χ3v) is 6.69. The molecule has 2 aromatic heterocycles. The Balaban J connectivity index is 1.32. The monoisotopic (exact) mass is 447 g/mol. The highest BCUT2D eigenvalue weighted by Crippen LogP contribution is 2.52. The maximum atomic E-state index is 14.1. The van der Waals surface area contributed by atoms with Crippen molar-refractivity contribution in [3.8, 4) is 5.69 Å². The number of nitrogens with zero attached hydrogens (tertiary/aromatic N) is 4. The molecule has 0 spiro atoms. The summed E-state index contributed by atoms with van der Waals surface area (Å²) in [5, 5.41) is 2.81. The van der Waals surface area contributed by atoms with Crippen molar-refractivity contribution in [3.05, 3.63) is 66.1 Å². The van der Waals surface area contributed by atoms with Crippen molar-refractivity contribution in [3.63, 3.8) is 0 Å². The van der Waals surface area contributed by atoms with Crippen LogP contribution in [0.4, 0.5) is 15.9 Å². The lowest BCUT2D eigenvalue weighted by Crippen LogP contribution is -2.34. The molecule has 1 atom stereocenters. The molecule has 1 aliphatic carbocycles. The predicted molar refractivity (Wildman–Crippen MR) is 123 cm³/mol. The summed E-state index contributed by atoms with van der Waals surface area (Å²) in [5.74, 6) is 0.285. The number of carbonyl (C=O) groups is 2. The van der Waals surface area contributed by atoms with Crippen molar-refractivity contribution >= 4 is 23.3 Å². The Hall–Kier alpha value is -3.55. The number of anilines is 2. The molecule has 170 valence electrons. The van der Waals surface area contributed by atoms with Gasteiger partial charge in [0.1, 0.15) is 11.6 Å². The van der Waals surface area contributed by atoms with Gasteiger partial charge in [0.25, 0.3) is 0 Å². The van der Waals surface area contributed by atoms with Gasteiger partial charge in [-0.3, -0.25) is 9.59 Å². The number of aryl methyl sites for hydroxylation is 1. The average Bonchev–Trinajstić information content (AvgIpc) is 3.38. The van der Waals surface area contributed by atoms with Crippen molar-refractivity contribution in [1.29, 1.82) is 0 Å². The van der Waals surface area contributed by atoms with Gasteiger partial charge in [0.05, 0.1) is 18.2 Å². The molecule has 5 rings (SSSR count). The molecule has 1 saturated carbocycles. The van der Waals surface area contributed by atoms with Gasteiger partial charge in [0.2, 0.25) is 11.8 Å². The van der Waals surface area contributed by atoms with Crippen molar-refractivity contribution in [2.24, 2.45) is 11.3 Å². The first-order valence-electron chi connectivity index (χ1n) is 11.2. The van der Waals surface area contributed by atoms with E-state index in [4.69, 9.17) is 0 Å². The normalized spacial score (nSPS) is 20.3. The third-order valence-electron chi connectivity index (χ3n) is 6.69. The molecule has 1 aliphatic heterocycles. The molecule has 1 N–H and O–H groups in total. The van der Waals surface area contributed by atoms with Gasteiger partial charge in [-0.15, -0.1) is 0 Å². The molecule has 1 aromatic carbocycles. The number of halogens is 1. The first kappa shape index (κ1) is 21.3. The van der Waals surface area contributed by atoms with Crippen LogP contribution in [0.1, 0.15) is 37.4 Å². The van der Waals surface area contributed by atoms with Gasteiger partial charge in [-0.2, -0.15) is 0 Å². The standard InChI is InChI=1S/C25H26FN5O2/c1-16-9-21(31-7-5-25(2,24(31)33)18-3-4-18)14-22(28-16)29-23(32)12-17-10-19(26)13-20(11-17)30-8-6-27-15-30/h6,8-11,13-15,18H,3-5,7,12H2,1-2H3,(H,28,29,32)/t25-/m0/s1. The fourth-order valence-electron chi connectivity index (χ4n) is 4.75. The number of carbonyl (C=O) groups excluding carboxylic acids is 2. The Morgan fingerprint density at radius 1 is 1.21 bits per heavy atom. The van der Waals surface area contributed by atoms with Crippen LogP contribution in [-0.2, 0) is 16.0 Å². The molecule has 2 aliphatic rings. The summed E-state index contributed by atoms with van der Waals surface area (Å²) >= 11 is 0. The van der Waals surface area contributed by atoms with Crippen molar-refractivity contribution < 1.29 is 14.0 Å². The van der Waals surface area contributed by atoms with Crippen LogP contribution in [0.25, 0.3) is 5.69 Å². The van der Waals surface area contributed by atoms with Crippen LogP contribution in [-0.4, -0.2) is 32.9 Å². The molecule has 3 aromatic rings. The molecule has 1 saturated heterocycles. The number of pyridine rings is 1. The molecule has 0 unspecified atom stereocenters. The van der Waals surface area contributed by atoms with E-state index in [1.54, 1.807) is 35.4 Å². The Labute approximate surface area is 191 Å². The second-order valence-electron chi connectivity index (χ2n) is 9.26. The molecule has 3 heterocycles. The number of aromatic nitrogens is 3. The lowest BCUT2D eigenvalue weighted by Gasteiger charge is -2.23. The zero-order valence-electron chi connectivity index (χ0n) is 18.7. The second-order valence-corrected chi connectivity index (χ2v) is 9.26. The number of benzene rings is 1. The number of rotatable bonds is 6. The minimum Gasteiger partial charge on any atom is -0.312 e. The molecule has 0 bridgehead atoms. The largest absolute Gasteiger partial charge is 0.312 e. The van der Waals surface area contributed by atoms with E-state index in [1.165, 1.54) is 12.1 Å². The first-order valence-corrected chi connectivity index (χ1v) is 11.2. The number of amides is 2. The highest BCUT2D eigenvalue weighted by molar-refractivity contribution is 6.01. The highest BCUT2D eigenvalue weighted by atomic mass is 19.1. The van der Waals surface area contributed by atoms with Crippen LogP contribution in [0.15, 0.2) is 49.1 Å². The molecule has 8 heteroatoms. The van der Waals surface area contributed by atoms with E-state index in [9.17, 15) is 14.0 Å². The SMILES string of the molecule is Cc1cc(N2CC[C@@](C)(C3CC3)C2=O)cc(NC(=O)Cc2cc(F)cc(-n3ccnc3)c2)n1. The number of nitrogens with one attached hydrogen (secondary N) is 1. The van der Waals surface area contributed by atoms with E-state index in [1.807, 2.05) is 17.9 Å². The van der Waals surface area contributed by atoms with Crippen LogP contribution >= 0.6 is 0 Å². The van der Waals surface area contributed by atoms with Crippen molar-refractivity contribution in [2.75, 3.05) is 16.8 Å². The number of hydrogen-bond acceptors (Lipinski definition) is 4. The molecule has 0 radical (unpaired) electrons. The third kappa shape index (κ3) is 4.25. The summed E-state index contributed by atoms with van der Waals surface area (Å²) < 4.78 is 15.8. The van der Waals surface area contributed by atoms with E-state index in [2.05, 4.69) is 22.2 Å². The minimum atomic E-state index is -0.425. The van der Waals surface area contributed by atoms with E-state index in [0.717, 1.165) is 24.9 Å². The fourth-order valence-corrected chi connectivity index (χ4v) is 4.75. The highest BCUT2D eigenvalue weighted by Gasteiger charge is 2.52. The second kappa shape index (κ2) is 8.10. The maximum absolute atomic E-state index is 14.1. The van der Waals surface area contributed by atoms with E-state index >= 15 is 0 Å². The predicted octanol–water partition coefficient (Wildman–Crippen LogP) is 4.05. The van der Waals surface area contributed by atoms with Crippen LogP contribution in [0, 0.1) is 24.1 Å². The Morgan fingerprint density at radius 2 is 2.03 bits per heavy atom. The zero-order valence-corrected chi connectivity index (χ0v) is 18.7. The summed E-state index contributed by atoms with van der Waals surface area (Å²) in [4.78, 5) is 36.1. The Bertz CT molecular complexity index is 1220. The van der Waals surface area contributed by atoms with Crippen LogP contribution < -0.4 is 10.2 Å². The zero-order chi connectivity index (χ0) is 23.2. The summed E-state index contributed by atoms with van der Waals surface area (Å²) in [6, 6.07) is 8.10. The van der Waals surface area contributed by atoms with Gasteiger partial charge >= 0.3 is 0 Å². The van der Waals surface area contributed by atoms with Gasteiger partial charge in [0.15, 0.2) is 0 Å². The van der Waals surface area contributed by atoms with E-state index in [0.29, 0.717) is 35.2 Å². The van der Waals surface area contributed by atoms with Gasteiger partial charge in [-0.1, -0.05) is 6.92 Å². The van der Waals surface area contributed by atoms with E-state index < -0.39 is 5.82 Å². The summed E-state index contributed by atoms with van der Waals surface area (Å²) in [6.07, 6.45) is 7.97. The van der Waals surface area contributed by atoms with Crippen molar-refractivity contribution in [1.82, 2.24) is 14.5 Å². The Kier molecular flexibility index (Phi) is 5.23. The number of imidazole rings is 1. The lowest BCUT2D eigenvalue weighted by molar-refractivity contribution is -0.125. The number of hydrogen-bond donors (Lipinski definition) is 1. The van der Waals surface area contributed by atoms with Crippen LogP contribution in [0.2, 0.25) is 0 Å². The van der Waals surface area contributed by atoms with Gasteiger partial charge in [-0.25, -0.2) is 14.4 Å². The lowest BCUT2D eigenvalue weighted by atomic mass is 9.83. The summed E-state index contributed by atoms with van der Waals surface area (Å²) in [5.41, 5.74) is 2.31. The molecular formula is C25H26FN5O2.